The molecule has 1 aliphatic rings. The monoisotopic (exact) mass is 218 g/mol. The molecule has 1 aromatic rings. The minimum atomic E-state index is 0.117. The van der Waals surface area contributed by atoms with Gasteiger partial charge in [0.25, 0.3) is 0 Å². The summed E-state index contributed by atoms with van der Waals surface area (Å²) in [6.07, 6.45) is 5.42. The molecule has 1 N–H and O–H groups in total. The summed E-state index contributed by atoms with van der Waals surface area (Å²) in [4.78, 5) is 2.37. The van der Waals surface area contributed by atoms with Crippen molar-refractivity contribution in [3.8, 4) is 0 Å². The molecule has 86 valence electrons. The van der Waals surface area contributed by atoms with E-state index in [1.165, 1.54) is 24.8 Å². The van der Waals surface area contributed by atoms with Gasteiger partial charge in [0.1, 0.15) is 0 Å². The van der Waals surface area contributed by atoms with E-state index >= 15 is 0 Å². The Labute approximate surface area is 96.4 Å². The zero-order valence-electron chi connectivity index (χ0n) is 9.42. The molecule has 0 unspecified atom stereocenters. The zero-order chi connectivity index (χ0) is 11.2. The highest BCUT2D eigenvalue weighted by Crippen LogP contribution is 2.22. The van der Waals surface area contributed by atoms with E-state index < -0.39 is 0 Å². The van der Waals surface area contributed by atoms with Crippen molar-refractivity contribution >= 4 is 6.21 Å². The van der Waals surface area contributed by atoms with E-state index in [1.807, 2.05) is 18.2 Å². The molecular formula is C13H18N2O. The lowest BCUT2D eigenvalue weighted by Gasteiger charge is -2.32. The van der Waals surface area contributed by atoms with Gasteiger partial charge in [-0.15, -0.1) is 5.16 Å². The average molecular weight is 218 g/mol. The fourth-order valence-electron chi connectivity index (χ4n) is 2.30. The van der Waals surface area contributed by atoms with Crippen molar-refractivity contribution in [1.29, 1.82) is 0 Å². The predicted molar refractivity (Wildman–Crippen MR) is 64.9 cm³/mol. The smallest absolute Gasteiger partial charge is 0.0739 e. The third-order valence-corrected chi connectivity index (χ3v) is 3.13. The van der Waals surface area contributed by atoms with E-state index in [2.05, 4.69) is 22.2 Å². The van der Waals surface area contributed by atoms with Crippen LogP contribution in [0.4, 0.5) is 0 Å². The summed E-state index contributed by atoms with van der Waals surface area (Å²) in [6.45, 7) is 2.18. The van der Waals surface area contributed by atoms with Crippen LogP contribution in [0.25, 0.3) is 0 Å². The second-order valence-electron chi connectivity index (χ2n) is 4.22. The van der Waals surface area contributed by atoms with Crippen LogP contribution in [0.5, 0.6) is 0 Å². The first-order valence-corrected chi connectivity index (χ1v) is 5.88. The molecule has 16 heavy (non-hydrogen) atoms. The summed E-state index contributed by atoms with van der Waals surface area (Å²) in [5, 5.41) is 12.0. The van der Waals surface area contributed by atoms with E-state index in [1.54, 1.807) is 6.21 Å². The molecule has 1 fully saturated rings. The van der Waals surface area contributed by atoms with Gasteiger partial charge in [0, 0.05) is 0 Å². The highest BCUT2D eigenvalue weighted by atomic mass is 16.4. The highest BCUT2D eigenvalue weighted by Gasteiger charge is 2.20. The standard InChI is InChI=1S/C13H18N2O/c16-14-11-13(12-7-3-1-4-8-12)15-9-5-2-6-10-15/h1,3-4,7-8,11,13,16H,2,5-6,9-10H2/b14-11-/t13-/m1/s1. The summed E-state index contributed by atoms with van der Waals surface area (Å²) >= 11 is 0. The Bertz CT molecular complexity index is 331. The molecule has 0 bridgehead atoms. The fraction of sp³-hybridized carbons (Fsp3) is 0.462. The summed E-state index contributed by atoms with van der Waals surface area (Å²) in [6, 6.07) is 10.3. The molecule has 3 heteroatoms. The minimum Gasteiger partial charge on any atom is -0.411 e. The number of nitrogens with zero attached hydrogens (tertiary/aromatic N) is 2. The minimum absolute atomic E-state index is 0.117. The molecular weight excluding hydrogens is 200 g/mol. The number of likely N-dealkylation sites (tertiary alicyclic amines) is 1. The predicted octanol–water partition coefficient (Wildman–Crippen LogP) is 2.67. The molecule has 0 spiro atoms. The maximum absolute atomic E-state index is 8.77. The highest BCUT2D eigenvalue weighted by molar-refractivity contribution is 5.66. The third kappa shape index (κ3) is 2.61. The fourth-order valence-corrected chi connectivity index (χ4v) is 2.30. The van der Waals surface area contributed by atoms with Gasteiger partial charge in [-0.1, -0.05) is 36.8 Å². The van der Waals surface area contributed by atoms with Crippen molar-refractivity contribution < 1.29 is 5.21 Å². The third-order valence-electron chi connectivity index (χ3n) is 3.13. The average Bonchev–Trinajstić information content (AvgIpc) is 2.38. The van der Waals surface area contributed by atoms with Gasteiger partial charge in [-0.3, -0.25) is 4.90 Å². The molecule has 2 rings (SSSR count). The molecule has 1 saturated heterocycles. The molecule has 0 saturated carbocycles. The topological polar surface area (TPSA) is 35.8 Å². The van der Waals surface area contributed by atoms with E-state index in [9.17, 15) is 0 Å². The van der Waals surface area contributed by atoms with E-state index in [0.717, 1.165) is 13.1 Å². The lowest BCUT2D eigenvalue weighted by atomic mass is 10.0. The van der Waals surface area contributed by atoms with Crippen LogP contribution in [0.15, 0.2) is 35.5 Å². The molecule has 1 atom stereocenters. The van der Waals surface area contributed by atoms with Gasteiger partial charge in [-0.2, -0.15) is 0 Å². The second-order valence-corrected chi connectivity index (χ2v) is 4.22. The maximum atomic E-state index is 8.77. The van der Waals surface area contributed by atoms with Gasteiger partial charge >= 0.3 is 0 Å². The Morgan fingerprint density at radius 3 is 2.44 bits per heavy atom. The van der Waals surface area contributed by atoms with Gasteiger partial charge in [-0.25, -0.2) is 0 Å². The Balaban J connectivity index is 2.16. The molecule has 0 aliphatic carbocycles. The first-order chi connectivity index (χ1) is 7.92. The number of oxime groups is 1. The molecule has 1 aliphatic heterocycles. The number of hydrogen-bond donors (Lipinski definition) is 1. The van der Waals surface area contributed by atoms with Crippen LogP contribution in [0, 0.1) is 0 Å². The van der Waals surface area contributed by atoms with Crippen LogP contribution in [0.2, 0.25) is 0 Å². The SMILES string of the molecule is O/N=C\[C@H](c1ccccc1)N1CCCCC1. The van der Waals surface area contributed by atoms with Crippen LogP contribution in [-0.2, 0) is 0 Å². The van der Waals surface area contributed by atoms with E-state index in [4.69, 9.17) is 5.21 Å². The van der Waals surface area contributed by atoms with Gasteiger partial charge in [-0.05, 0) is 31.5 Å². The van der Waals surface area contributed by atoms with Crippen molar-refractivity contribution in [3.05, 3.63) is 35.9 Å². The van der Waals surface area contributed by atoms with Crippen molar-refractivity contribution in [2.75, 3.05) is 13.1 Å². The molecule has 0 aromatic heterocycles. The molecule has 0 amide bonds. The van der Waals surface area contributed by atoms with Crippen molar-refractivity contribution in [3.63, 3.8) is 0 Å². The molecule has 1 heterocycles. The number of piperidine rings is 1. The Morgan fingerprint density at radius 1 is 1.12 bits per heavy atom. The number of hydrogen-bond acceptors (Lipinski definition) is 3. The normalized spacial score (nSPS) is 20.0. The zero-order valence-corrected chi connectivity index (χ0v) is 9.42. The Hall–Kier alpha value is -1.35. The van der Waals surface area contributed by atoms with Gasteiger partial charge in [0.05, 0.1) is 12.3 Å². The van der Waals surface area contributed by atoms with Crippen molar-refractivity contribution in [2.24, 2.45) is 5.16 Å². The quantitative estimate of drug-likeness (QED) is 0.481. The van der Waals surface area contributed by atoms with Gasteiger partial charge in [0.15, 0.2) is 0 Å². The molecule has 3 nitrogen and oxygen atoms in total. The Kier molecular flexibility index (Phi) is 3.94. The van der Waals surface area contributed by atoms with Gasteiger partial charge in [0.2, 0.25) is 0 Å². The summed E-state index contributed by atoms with van der Waals surface area (Å²) in [5.41, 5.74) is 1.20. The first-order valence-electron chi connectivity index (χ1n) is 5.88. The maximum Gasteiger partial charge on any atom is 0.0739 e. The number of benzene rings is 1. The lowest BCUT2D eigenvalue weighted by Crippen LogP contribution is -2.34. The van der Waals surface area contributed by atoms with Crippen LogP contribution < -0.4 is 0 Å². The van der Waals surface area contributed by atoms with E-state index in [0.29, 0.717) is 0 Å². The Morgan fingerprint density at radius 2 is 1.81 bits per heavy atom. The second kappa shape index (κ2) is 5.66. The van der Waals surface area contributed by atoms with Crippen LogP contribution >= 0.6 is 0 Å². The lowest BCUT2D eigenvalue weighted by molar-refractivity contribution is 0.201. The van der Waals surface area contributed by atoms with Gasteiger partial charge < -0.3 is 5.21 Å². The molecule has 1 aromatic carbocycles. The summed E-state index contributed by atoms with van der Waals surface area (Å²) in [7, 11) is 0. The van der Waals surface area contributed by atoms with Crippen LogP contribution in [-0.4, -0.2) is 29.4 Å². The van der Waals surface area contributed by atoms with Crippen molar-refractivity contribution in [2.45, 2.75) is 25.3 Å². The van der Waals surface area contributed by atoms with Crippen LogP contribution in [0.1, 0.15) is 30.9 Å². The van der Waals surface area contributed by atoms with E-state index in [-0.39, 0.29) is 6.04 Å². The molecule has 0 radical (unpaired) electrons. The first kappa shape index (κ1) is 11.1. The largest absolute Gasteiger partial charge is 0.411 e. The summed E-state index contributed by atoms with van der Waals surface area (Å²) < 4.78 is 0. The number of rotatable bonds is 3. The van der Waals surface area contributed by atoms with Crippen molar-refractivity contribution in [1.82, 2.24) is 4.90 Å². The summed E-state index contributed by atoms with van der Waals surface area (Å²) in [5.74, 6) is 0. The van der Waals surface area contributed by atoms with Crippen LogP contribution in [0.3, 0.4) is 0 Å².